The molecular weight excluding hydrogens is 415 g/mol. The highest BCUT2D eigenvalue weighted by Gasteiger charge is 2.17. The number of likely N-dealkylation sites (tertiary alicyclic amines) is 1. The van der Waals surface area contributed by atoms with E-state index >= 15 is 0 Å². The number of halogens is 1. The first-order chi connectivity index (χ1) is 11.1. The van der Waals surface area contributed by atoms with E-state index in [9.17, 15) is 0 Å². The number of rotatable bonds is 3. The molecule has 2 heterocycles. The van der Waals surface area contributed by atoms with Crippen LogP contribution in [0.25, 0.3) is 11.3 Å². The molecule has 1 saturated heterocycles. The molecule has 2 aromatic rings. The van der Waals surface area contributed by atoms with Gasteiger partial charge in [-0.3, -0.25) is 0 Å². The van der Waals surface area contributed by atoms with Crippen LogP contribution in [-0.2, 0) is 6.54 Å². The summed E-state index contributed by atoms with van der Waals surface area (Å²) in [6.45, 7) is 6.66. The summed E-state index contributed by atoms with van der Waals surface area (Å²) in [6, 6.07) is 8.19. The lowest BCUT2D eigenvalue weighted by molar-refractivity contribution is 0.270. The van der Waals surface area contributed by atoms with Gasteiger partial charge in [-0.05, 0) is 25.7 Å². The predicted molar refractivity (Wildman–Crippen MR) is 107 cm³/mol. The summed E-state index contributed by atoms with van der Waals surface area (Å²) < 4.78 is 5.78. The van der Waals surface area contributed by atoms with Gasteiger partial charge in [-0.15, -0.1) is 24.0 Å². The number of nitrogens with zero attached hydrogens (tertiary/aromatic N) is 3. The maximum Gasteiger partial charge on any atom is 0.216 e. The van der Waals surface area contributed by atoms with E-state index in [0.29, 0.717) is 24.3 Å². The highest BCUT2D eigenvalue weighted by atomic mass is 127. The van der Waals surface area contributed by atoms with Crippen LogP contribution in [0, 0.1) is 12.8 Å². The topological polar surface area (TPSA) is 67.7 Å². The number of hydrogen-bond donors (Lipinski definition) is 1. The third-order valence-electron chi connectivity index (χ3n) is 4.25. The summed E-state index contributed by atoms with van der Waals surface area (Å²) in [5, 5.41) is 0. The molecule has 0 saturated carbocycles. The molecule has 24 heavy (non-hydrogen) atoms. The van der Waals surface area contributed by atoms with Crippen LogP contribution in [0.2, 0.25) is 0 Å². The van der Waals surface area contributed by atoms with Crippen molar-refractivity contribution in [2.45, 2.75) is 33.2 Å². The van der Waals surface area contributed by atoms with Gasteiger partial charge in [0.2, 0.25) is 5.89 Å². The molecule has 1 aromatic heterocycles. The molecule has 0 spiro atoms. The Morgan fingerprint density at radius 2 is 2.12 bits per heavy atom. The van der Waals surface area contributed by atoms with Crippen LogP contribution in [0.4, 0.5) is 0 Å². The third kappa shape index (κ3) is 4.72. The predicted octanol–water partition coefficient (Wildman–Crippen LogP) is 3.81. The van der Waals surface area contributed by atoms with Gasteiger partial charge in [0.15, 0.2) is 11.7 Å². The second-order valence-corrected chi connectivity index (χ2v) is 6.35. The van der Waals surface area contributed by atoms with Gasteiger partial charge in [0.05, 0.1) is 6.20 Å². The maximum absolute atomic E-state index is 6.10. The summed E-state index contributed by atoms with van der Waals surface area (Å²) in [6.07, 6.45) is 4.19. The lowest BCUT2D eigenvalue weighted by atomic mass is 10.0. The Bertz CT molecular complexity index is 681. The van der Waals surface area contributed by atoms with Gasteiger partial charge in [-0.2, -0.15) is 0 Å². The molecule has 1 aliphatic heterocycles. The highest BCUT2D eigenvalue weighted by Crippen LogP contribution is 2.21. The number of benzene rings is 1. The van der Waals surface area contributed by atoms with Crippen LogP contribution in [-0.4, -0.2) is 28.9 Å². The first-order valence-electron chi connectivity index (χ1n) is 8.18. The minimum atomic E-state index is 0. The van der Waals surface area contributed by atoms with Crippen molar-refractivity contribution in [1.82, 2.24) is 9.88 Å². The SMILES string of the molecule is Cc1ccc(-c2cnc(CN=C(N)N3CCCC(C)C3)o2)cc1.I. The average Bonchev–Trinajstić information content (AvgIpc) is 3.02. The minimum absolute atomic E-state index is 0. The summed E-state index contributed by atoms with van der Waals surface area (Å²) in [7, 11) is 0. The van der Waals surface area contributed by atoms with Crippen molar-refractivity contribution >= 4 is 29.9 Å². The normalized spacial score (nSPS) is 18.3. The van der Waals surface area contributed by atoms with Gasteiger partial charge >= 0.3 is 0 Å². The van der Waals surface area contributed by atoms with Crippen molar-refractivity contribution in [3.05, 3.63) is 41.9 Å². The standard InChI is InChI=1S/C18H24N4O.HI/c1-13-5-7-15(8-6-13)16-10-20-17(23-16)11-21-18(19)22-9-3-4-14(2)12-22;/h5-8,10,14H,3-4,9,11-12H2,1-2H3,(H2,19,21);1H. The van der Waals surface area contributed by atoms with E-state index in [-0.39, 0.29) is 24.0 Å². The van der Waals surface area contributed by atoms with Crippen LogP contribution in [0.1, 0.15) is 31.2 Å². The Kier molecular flexibility index (Phi) is 6.65. The summed E-state index contributed by atoms with van der Waals surface area (Å²) in [5.74, 6) is 2.62. The first kappa shape index (κ1) is 18.8. The molecule has 1 fully saturated rings. The molecule has 1 atom stereocenters. The zero-order valence-corrected chi connectivity index (χ0v) is 16.6. The van der Waals surface area contributed by atoms with Crippen molar-refractivity contribution in [2.24, 2.45) is 16.6 Å². The van der Waals surface area contributed by atoms with Gasteiger partial charge in [0, 0.05) is 18.7 Å². The van der Waals surface area contributed by atoms with E-state index < -0.39 is 0 Å². The Morgan fingerprint density at radius 1 is 1.38 bits per heavy atom. The second-order valence-electron chi connectivity index (χ2n) is 6.35. The lowest BCUT2D eigenvalue weighted by Crippen LogP contribution is -2.43. The number of piperidine rings is 1. The summed E-state index contributed by atoms with van der Waals surface area (Å²) in [5.41, 5.74) is 8.35. The van der Waals surface area contributed by atoms with E-state index in [1.54, 1.807) is 6.20 Å². The van der Waals surface area contributed by atoms with Crippen LogP contribution >= 0.6 is 24.0 Å². The number of hydrogen-bond acceptors (Lipinski definition) is 3. The summed E-state index contributed by atoms with van der Waals surface area (Å²) in [4.78, 5) is 10.9. The quantitative estimate of drug-likeness (QED) is 0.448. The Morgan fingerprint density at radius 3 is 2.83 bits per heavy atom. The van der Waals surface area contributed by atoms with E-state index in [2.05, 4.69) is 40.9 Å². The fourth-order valence-electron chi connectivity index (χ4n) is 2.88. The van der Waals surface area contributed by atoms with Gasteiger partial charge < -0.3 is 15.1 Å². The fourth-order valence-corrected chi connectivity index (χ4v) is 2.88. The van der Waals surface area contributed by atoms with E-state index in [1.807, 2.05) is 12.1 Å². The van der Waals surface area contributed by atoms with Gasteiger partial charge in [0.1, 0.15) is 6.54 Å². The fraction of sp³-hybridized carbons (Fsp3) is 0.444. The molecule has 0 bridgehead atoms. The third-order valence-corrected chi connectivity index (χ3v) is 4.25. The zero-order chi connectivity index (χ0) is 16.2. The molecule has 0 amide bonds. The van der Waals surface area contributed by atoms with E-state index in [1.165, 1.54) is 18.4 Å². The monoisotopic (exact) mass is 440 g/mol. The van der Waals surface area contributed by atoms with Crippen LogP contribution in [0.5, 0.6) is 0 Å². The molecule has 5 nitrogen and oxygen atoms in total. The van der Waals surface area contributed by atoms with Gasteiger partial charge in [-0.25, -0.2) is 9.98 Å². The van der Waals surface area contributed by atoms with Crippen molar-refractivity contribution in [3.63, 3.8) is 0 Å². The number of oxazole rings is 1. The molecule has 130 valence electrons. The summed E-state index contributed by atoms with van der Waals surface area (Å²) >= 11 is 0. The van der Waals surface area contributed by atoms with Crippen molar-refractivity contribution in [3.8, 4) is 11.3 Å². The first-order valence-corrected chi connectivity index (χ1v) is 8.18. The van der Waals surface area contributed by atoms with E-state index in [4.69, 9.17) is 10.2 Å². The number of nitrogens with two attached hydrogens (primary N) is 1. The zero-order valence-electron chi connectivity index (χ0n) is 14.2. The molecule has 1 aliphatic rings. The van der Waals surface area contributed by atoms with Gasteiger partial charge in [-0.1, -0.05) is 36.8 Å². The minimum Gasteiger partial charge on any atom is -0.439 e. The van der Waals surface area contributed by atoms with Crippen molar-refractivity contribution < 1.29 is 4.42 Å². The van der Waals surface area contributed by atoms with E-state index in [0.717, 1.165) is 24.4 Å². The van der Waals surface area contributed by atoms with Gasteiger partial charge in [0.25, 0.3) is 0 Å². The Labute approximate surface area is 160 Å². The molecular formula is C18H25IN4O. The van der Waals surface area contributed by atoms with Crippen LogP contribution < -0.4 is 5.73 Å². The van der Waals surface area contributed by atoms with Crippen LogP contribution in [0.3, 0.4) is 0 Å². The molecule has 1 unspecified atom stereocenters. The largest absolute Gasteiger partial charge is 0.439 e. The molecule has 6 heteroatoms. The molecule has 0 radical (unpaired) electrons. The maximum atomic E-state index is 6.10. The molecule has 0 aliphatic carbocycles. The second kappa shape index (κ2) is 8.50. The highest BCUT2D eigenvalue weighted by molar-refractivity contribution is 14.0. The van der Waals surface area contributed by atoms with Crippen molar-refractivity contribution in [1.29, 1.82) is 0 Å². The lowest BCUT2D eigenvalue weighted by Gasteiger charge is -2.31. The van der Waals surface area contributed by atoms with Crippen molar-refractivity contribution in [2.75, 3.05) is 13.1 Å². The Hall–Kier alpha value is -1.57. The van der Waals surface area contributed by atoms with Crippen LogP contribution in [0.15, 0.2) is 39.9 Å². The number of guanidine groups is 1. The molecule has 1 aromatic carbocycles. The molecule has 2 N–H and O–H groups in total. The smallest absolute Gasteiger partial charge is 0.216 e. The number of aryl methyl sites for hydroxylation is 1. The Balaban J connectivity index is 0.00000208. The number of aliphatic imine (C=N–C) groups is 1. The average molecular weight is 440 g/mol. The molecule has 3 rings (SSSR count). The number of aromatic nitrogens is 1.